The molecule has 0 fully saturated rings. The quantitative estimate of drug-likeness (QED) is 0.622. The molecule has 5 heteroatoms. The van der Waals surface area contributed by atoms with Gasteiger partial charge >= 0.3 is 0 Å². The Labute approximate surface area is 136 Å². The summed E-state index contributed by atoms with van der Waals surface area (Å²) in [5.41, 5.74) is 3.48. The Morgan fingerprint density at radius 1 is 1.24 bits per heavy atom. The van der Waals surface area contributed by atoms with Crippen LogP contribution in [0.4, 0.5) is 11.4 Å². The van der Waals surface area contributed by atoms with Gasteiger partial charge in [0.2, 0.25) is 0 Å². The lowest BCUT2D eigenvalue weighted by Gasteiger charge is -2.24. The summed E-state index contributed by atoms with van der Waals surface area (Å²) in [5.74, 6) is 0. The number of anilines is 1. The number of aldehydes is 1. The first-order valence-electron chi connectivity index (χ1n) is 6.50. The first kappa shape index (κ1) is 14.1. The van der Waals surface area contributed by atoms with Crippen LogP contribution in [0.15, 0.2) is 47.5 Å². The second kappa shape index (κ2) is 5.85. The number of amidine groups is 1. The summed E-state index contributed by atoms with van der Waals surface area (Å²) in [6.45, 7) is 1.95. The summed E-state index contributed by atoms with van der Waals surface area (Å²) in [6, 6.07) is 14.0. The number of fused-ring (bicyclic) bond motifs is 1. The summed E-state index contributed by atoms with van der Waals surface area (Å²) < 4.78 is 6.80. The predicted octanol–water partition coefficient (Wildman–Crippen LogP) is 3.97. The maximum absolute atomic E-state index is 11.3. The minimum absolute atomic E-state index is 0.339. The molecule has 1 N–H and O–H groups in total. The Morgan fingerprint density at radius 3 is 2.71 bits per heavy atom. The van der Waals surface area contributed by atoms with E-state index >= 15 is 0 Å². The van der Waals surface area contributed by atoms with Gasteiger partial charge in [-0.15, -0.1) is 0 Å². The fraction of sp³-hybridized carbons (Fsp3) is 0.125. The van der Waals surface area contributed by atoms with Gasteiger partial charge in [-0.2, -0.15) is 4.99 Å². The van der Waals surface area contributed by atoms with Crippen LogP contribution >= 0.6 is 22.6 Å². The number of hydrogen-bond acceptors (Lipinski definition) is 4. The topological polar surface area (TPSA) is 50.7 Å². The number of nitrogens with one attached hydrogen (secondary N) is 1. The molecule has 1 unspecified atom stereocenters. The number of rotatable bonds is 2. The van der Waals surface area contributed by atoms with Gasteiger partial charge in [0.05, 0.1) is 5.69 Å². The van der Waals surface area contributed by atoms with Gasteiger partial charge < -0.3 is 10.1 Å². The summed E-state index contributed by atoms with van der Waals surface area (Å²) in [6.07, 6.45) is 0.181. The first-order valence-corrected chi connectivity index (χ1v) is 7.58. The zero-order chi connectivity index (χ0) is 14.8. The van der Waals surface area contributed by atoms with Crippen LogP contribution in [0.25, 0.3) is 0 Å². The molecule has 0 amide bonds. The third-order valence-corrected chi connectivity index (χ3v) is 3.98. The van der Waals surface area contributed by atoms with E-state index in [2.05, 4.69) is 32.9 Å². The van der Waals surface area contributed by atoms with E-state index in [0.29, 0.717) is 6.02 Å². The number of carbonyl (C=O) groups is 1. The molecule has 0 bridgehead atoms. The number of ether oxygens (including phenoxy) is 1. The van der Waals surface area contributed by atoms with Crippen LogP contribution in [-0.4, -0.2) is 12.3 Å². The van der Waals surface area contributed by atoms with E-state index in [0.717, 1.165) is 32.4 Å². The van der Waals surface area contributed by atoms with Gasteiger partial charge in [-0.1, -0.05) is 12.1 Å². The van der Waals surface area contributed by atoms with Gasteiger partial charge in [0.15, 0.2) is 12.4 Å². The highest BCUT2D eigenvalue weighted by atomic mass is 127. The molecule has 0 saturated carbocycles. The minimum atomic E-state index is -0.620. The van der Waals surface area contributed by atoms with Crippen LogP contribution in [-0.2, 0) is 9.53 Å². The number of carbonyl (C=O) groups excluding carboxylic acids is 1. The molecule has 2 aromatic rings. The molecule has 0 aromatic heterocycles. The Morgan fingerprint density at radius 2 is 2.00 bits per heavy atom. The number of halogens is 1. The van der Waals surface area contributed by atoms with Gasteiger partial charge in [0, 0.05) is 14.8 Å². The van der Waals surface area contributed by atoms with Gasteiger partial charge in [-0.25, -0.2) is 0 Å². The fourth-order valence-corrected chi connectivity index (χ4v) is 2.62. The maximum Gasteiger partial charge on any atom is 0.295 e. The number of nitrogens with zero attached hydrogens (tertiary/aromatic N) is 1. The standard InChI is InChI=1S/C16H13IN2O2/c1-10-3-2-4-13-15(10)14(9-20)21-16(19-13)18-12-7-5-11(17)6-8-12/h2-9,14H,1H3,(H,18,19). The van der Waals surface area contributed by atoms with E-state index < -0.39 is 6.10 Å². The monoisotopic (exact) mass is 392 g/mol. The molecule has 2 aromatic carbocycles. The van der Waals surface area contributed by atoms with Crippen molar-refractivity contribution in [1.82, 2.24) is 0 Å². The van der Waals surface area contributed by atoms with Crippen molar-refractivity contribution in [2.75, 3.05) is 5.32 Å². The highest BCUT2D eigenvalue weighted by Crippen LogP contribution is 2.34. The summed E-state index contributed by atoms with van der Waals surface area (Å²) in [4.78, 5) is 15.8. The van der Waals surface area contributed by atoms with Crippen molar-refractivity contribution in [3.05, 3.63) is 57.2 Å². The minimum Gasteiger partial charge on any atom is -0.449 e. The number of aryl methyl sites for hydroxylation is 1. The second-order valence-electron chi connectivity index (χ2n) is 4.73. The van der Waals surface area contributed by atoms with Crippen LogP contribution in [0.3, 0.4) is 0 Å². The highest BCUT2D eigenvalue weighted by molar-refractivity contribution is 14.1. The predicted molar refractivity (Wildman–Crippen MR) is 90.9 cm³/mol. The summed E-state index contributed by atoms with van der Waals surface area (Å²) in [5, 5.41) is 3.10. The fourth-order valence-electron chi connectivity index (χ4n) is 2.26. The lowest BCUT2D eigenvalue weighted by atomic mass is 10.0. The summed E-state index contributed by atoms with van der Waals surface area (Å²) >= 11 is 2.24. The van der Waals surface area contributed by atoms with E-state index in [1.54, 1.807) is 0 Å². The van der Waals surface area contributed by atoms with E-state index in [1.807, 2.05) is 49.4 Å². The average Bonchev–Trinajstić information content (AvgIpc) is 2.49. The molecule has 0 radical (unpaired) electrons. The third kappa shape index (κ3) is 2.92. The average molecular weight is 392 g/mol. The van der Waals surface area contributed by atoms with Gasteiger partial charge in [0.25, 0.3) is 6.02 Å². The molecular weight excluding hydrogens is 379 g/mol. The van der Waals surface area contributed by atoms with E-state index in [4.69, 9.17) is 4.74 Å². The molecule has 3 rings (SSSR count). The highest BCUT2D eigenvalue weighted by Gasteiger charge is 2.25. The van der Waals surface area contributed by atoms with Crippen LogP contribution < -0.4 is 5.32 Å². The molecular formula is C16H13IN2O2. The van der Waals surface area contributed by atoms with Crippen LogP contribution in [0.2, 0.25) is 0 Å². The van der Waals surface area contributed by atoms with Crippen molar-refractivity contribution in [3.63, 3.8) is 0 Å². The van der Waals surface area contributed by atoms with Crippen molar-refractivity contribution < 1.29 is 9.53 Å². The van der Waals surface area contributed by atoms with Crippen LogP contribution in [0.1, 0.15) is 17.2 Å². The van der Waals surface area contributed by atoms with E-state index in [-0.39, 0.29) is 0 Å². The Bertz CT molecular complexity index is 711. The largest absolute Gasteiger partial charge is 0.449 e. The first-order chi connectivity index (χ1) is 10.2. The molecule has 21 heavy (non-hydrogen) atoms. The maximum atomic E-state index is 11.3. The van der Waals surface area contributed by atoms with Crippen molar-refractivity contribution in [1.29, 1.82) is 0 Å². The molecule has 1 atom stereocenters. The van der Waals surface area contributed by atoms with Gasteiger partial charge in [0.1, 0.15) is 0 Å². The molecule has 1 aliphatic heterocycles. The Balaban J connectivity index is 1.94. The molecule has 106 valence electrons. The van der Waals surface area contributed by atoms with Gasteiger partial charge in [-0.05, 0) is 65.4 Å². The summed E-state index contributed by atoms with van der Waals surface area (Å²) in [7, 11) is 0. The number of hydrogen-bond donors (Lipinski definition) is 1. The van der Waals surface area contributed by atoms with Crippen molar-refractivity contribution in [3.8, 4) is 0 Å². The SMILES string of the molecule is Cc1cccc2c1C(C=O)OC(Nc1ccc(I)cc1)=N2. The molecule has 1 aliphatic rings. The van der Waals surface area contributed by atoms with Gasteiger partial charge in [-0.3, -0.25) is 4.79 Å². The van der Waals surface area contributed by atoms with Crippen LogP contribution in [0.5, 0.6) is 0 Å². The zero-order valence-corrected chi connectivity index (χ0v) is 13.5. The molecule has 0 spiro atoms. The molecule has 4 nitrogen and oxygen atoms in total. The number of benzene rings is 2. The van der Waals surface area contributed by atoms with E-state index in [9.17, 15) is 4.79 Å². The van der Waals surface area contributed by atoms with Crippen molar-refractivity contribution in [2.45, 2.75) is 13.0 Å². The lowest BCUT2D eigenvalue weighted by Crippen LogP contribution is -2.24. The van der Waals surface area contributed by atoms with Crippen molar-refractivity contribution >= 4 is 46.3 Å². The molecule has 0 aliphatic carbocycles. The second-order valence-corrected chi connectivity index (χ2v) is 5.98. The lowest BCUT2D eigenvalue weighted by molar-refractivity contribution is -0.114. The normalized spacial score (nSPS) is 16.5. The molecule has 1 heterocycles. The van der Waals surface area contributed by atoms with Crippen molar-refractivity contribution in [2.24, 2.45) is 4.99 Å². The smallest absolute Gasteiger partial charge is 0.295 e. The molecule has 0 saturated heterocycles. The Kier molecular flexibility index (Phi) is 3.92. The number of aliphatic imine (C=N–C) groups is 1. The van der Waals surface area contributed by atoms with Crippen LogP contribution in [0, 0.1) is 10.5 Å². The van der Waals surface area contributed by atoms with E-state index in [1.165, 1.54) is 0 Å². The zero-order valence-electron chi connectivity index (χ0n) is 11.3. The Hall–Kier alpha value is -1.89. The third-order valence-electron chi connectivity index (χ3n) is 3.27.